The highest BCUT2D eigenvalue weighted by atomic mass is 35.5. The van der Waals surface area contributed by atoms with Crippen LogP contribution in [0, 0.1) is 0 Å². The molecule has 0 bridgehead atoms. The average Bonchev–Trinajstić information content (AvgIpc) is 2.47. The van der Waals surface area contributed by atoms with Crippen molar-refractivity contribution < 1.29 is 14.3 Å². The molecule has 1 heterocycles. The van der Waals surface area contributed by atoms with E-state index in [1.165, 1.54) is 0 Å². The van der Waals surface area contributed by atoms with Gasteiger partial charge in [-0.1, -0.05) is 11.6 Å². The molecule has 0 radical (unpaired) electrons. The van der Waals surface area contributed by atoms with E-state index in [4.69, 9.17) is 21.1 Å². The highest BCUT2D eigenvalue weighted by molar-refractivity contribution is 6.32. The molecule has 0 atom stereocenters. The van der Waals surface area contributed by atoms with Gasteiger partial charge in [-0.05, 0) is 51.1 Å². The molecule has 0 saturated heterocycles. The normalized spacial score (nSPS) is 10.9. The molecule has 0 aliphatic carbocycles. The van der Waals surface area contributed by atoms with Crippen LogP contribution < -0.4 is 15.4 Å². The van der Waals surface area contributed by atoms with Crippen LogP contribution in [-0.4, -0.2) is 29.0 Å². The Morgan fingerprint density at radius 1 is 1.12 bits per heavy atom. The minimum atomic E-state index is -0.584. The molecule has 1 amide bonds. The van der Waals surface area contributed by atoms with E-state index in [1.54, 1.807) is 58.2 Å². The van der Waals surface area contributed by atoms with E-state index in [2.05, 4.69) is 20.8 Å². The smallest absolute Gasteiger partial charge is 0.413 e. The molecule has 0 fully saturated rings. The maximum atomic E-state index is 11.7. The Hall–Kier alpha value is -2.54. The summed E-state index contributed by atoms with van der Waals surface area (Å²) in [6.07, 6.45) is -0.584. The molecule has 2 rings (SSSR count). The first-order valence-electron chi connectivity index (χ1n) is 7.21. The number of aromatic nitrogens is 2. The predicted molar refractivity (Wildman–Crippen MR) is 93.2 cm³/mol. The largest absolute Gasteiger partial charge is 0.495 e. The van der Waals surface area contributed by atoms with Crippen molar-refractivity contribution >= 4 is 35.0 Å². The fraction of sp³-hybridized carbons (Fsp3) is 0.312. The number of methoxy groups -OCH3 is 1. The van der Waals surface area contributed by atoms with Gasteiger partial charge in [-0.25, -0.2) is 4.79 Å². The maximum Gasteiger partial charge on any atom is 0.413 e. The highest BCUT2D eigenvalue weighted by Crippen LogP contribution is 2.28. The monoisotopic (exact) mass is 350 g/mol. The van der Waals surface area contributed by atoms with Gasteiger partial charge in [0, 0.05) is 5.69 Å². The first-order chi connectivity index (χ1) is 11.3. The molecule has 2 N–H and O–H groups in total. The summed E-state index contributed by atoms with van der Waals surface area (Å²) in [7, 11) is 1.55. The highest BCUT2D eigenvalue weighted by Gasteiger charge is 2.16. The predicted octanol–water partition coefficient (Wildman–Crippen LogP) is 4.23. The summed E-state index contributed by atoms with van der Waals surface area (Å²) in [5, 5.41) is 14.0. The minimum absolute atomic E-state index is 0.294. The Bertz CT molecular complexity index is 714. The summed E-state index contributed by atoms with van der Waals surface area (Å²) >= 11 is 6.07. The Balaban J connectivity index is 1.99. The Labute approximate surface area is 145 Å². The van der Waals surface area contributed by atoms with Gasteiger partial charge in [-0.15, -0.1) is 10.2 Å². The van der Waals surface area contributed by atoms with Crippen molar-refractivity contribution in [2.75, 3.05) is 17.7 Å². The zero-order valence-electron chi connectivity index (χ0n) is 13.9. The van der Waals surface area contributed by atoms with Crippen molar-refractivity contribution in [3.05, 3.63) is 35.4 Å². The molecule has 24 heavy (non-hydrogen) atoms. The molecule has 2 aromatic rings. The molecular weight excluding hydrogens is 332 g/mol. The summed E-state index contributed by atoms with van der Waals surface area (Å²) in [5.41, 5.74) is 0.162. The van der Waals surface area contributed by atoms with Crippen LogP contribution in [-0.2, 0) is 4.74 Å². The van der Waals surface area contributed by atoms with Crippen molar-refractivity contribution in [1.29, 1.82) is 0 Å². The Morgan fingerprint density at radius 3 is 2.33 bits per heavy atom. The van der Waals surface area contributed by atoms with E-state index in [0.29, 0.717) is 22.4 Å². The van der Waals surface area contributed by atoms with Gasteiger partial charge in [-0.3, -0.25) is 5.32 Å². The number of hydrogen-bond acceptors (Lipinski definition) is 6. The SMILES string of the molecule is COc1ccc(Nc2ccc(NC(=O)OC(C)(C)C)nn2)cc1Cl. The van der Waals surface area contributed by atoms with E-state index in [0.717, 1.165) is 5.69 Å². The van der Waals surface area contributed by atoms with Gasteiger partial charge in [-0.2, -0.15) is 0 Å². The summed E-state index contributed by atoms with van der Waals surface area (Å²) in [6, 6.07) is 8.56. The lowest BCUT2D eigenvalue weighted by molar-refractivity contribution is 0.0635. The lowest BCUT2D eigenvalue weighted by atomic mass is 10.2. The molecule has 8 heteroatoms. The number of nitrogens with one attached hydrogen (secondary N) is 2. The molecule has 1 aromatic heterocycles. The second kappa shape index (κ2) is 7.35. The summed E-state index contributed by atoms with van der Waals surface area (Å²) in [4.78, 5) is 11.7. The van der Waals surface area contributed by atoms with Crippen molar-refractivity contribution in [1.82, 2.24) is 10.2 Å². The Morgan fingerprint density at radius 2 is 1.79 bits per heavy atom. The number of carbonyl (C=O) groups excluding carboxylic acids is 1. The molecule has 128 valence electrons. The zero-order valence-corrected chi connectivity index (χ0v) is 14.6. The van der Waals surface area contributed by atoms with Crippen molar-refractivity contribution in [3.63, 3.8) is 0 Å². The lowest BCUT2D eigenvalue weighted by Crippen LogP contribution is -2.27. The van der Waals surface area contributed by atoms with E-state index >= 15 is 0 Å². The van der Waals surface area contributed by atoms with Gasteiger partial charge in [0.1, 0.15) is 11.4 Å². The maximum absolute atomic E-state index is 11.7. The summed E-state index contributed by atoms with van der Waals surface area (Å²) in [5.74, 6) is 1.39. The number of hydrogen-bond donors (Lipinski definition) is 2. The number of rotatable bonds is 4. The van der Waals surface area contributed by atoms with Crippen LogP contribution in [0.1, 0.15) is 20.8 Å². The third kappa shape index (κ3) is 5.27. The number of halogens is 1. The van der Waals surface area contributed by atoms with Crippen LogP contribution in [0.5, 0.6) is 5.75 Å². The van der Waals surface area contributed by atoms with Crippen LogP contribution >= 0.6 is 11.6 Å². The fourth-order valence-corrected chi connectivity index (χ4v) is 2.02. The molecule has 0 aliphatic heterocycles. The number of benzene rings is 1. The topological polar surface area (TPSA) is 85.4 Å². The molecule has 0 spiro atoms. The first-order valence-corrected chi connectivity index (χ1v) is 7.59. The zero-order chi connectivity index (χ0) is 17.7. The molecule has 0 unspecified atom stereocenters. The summed E-state index contributed by atoms with van der Waals surface area (Å²) in [6.45, 7) is 5.35. The third-order valence-electron chi connectivity index (χ3n) is 2.72. The number of anilines is 3. The minimum Gasteiger partial charge on any atom is -0.495 e. The molecule has 0 saturated carbocycles. The van der Waals surface area contributed by atoms with Gasteiger partial charge >= 0.3 is 6.09 Å². The van der Waals surface area contributed by atoms with E-state index in [9.17, 15) is 4.79 Å². The number of carbonyl (C=O) groups is 1. The van der Waals surface area contributed by atoms with Gasteiger partial charge in [0.2, 0.25) is 0 Å². The van der Waals surface area contributed by atoms with Crippen molar-refractivity contribution in [2.45, 2.75) is 26.4 Å². The number of nitrogens with zero attached hydrogens (tertiary/aromatic N) is 2. The van der Waals surface area contributed by atoms with Crippen LogP contribution in [0.3, 0.4) is 0 Å². The lowest BCUT2D eigenvalue weighted by Gasteiger charge is -2.19. The van der Waals surface area contributed by atoms with E-state index in [-0.39, 0.29) is 0 Å². The van der Waals surface area contributed by atoms with Crippen LogP contribution in [0.15, 0.2) is 30.3 Å². The van der Waals surface area contributed by atoms with E-state index in [1.807, 2.05) is 0 Å². The third-order valence-corrected chi connectivity index (χ3v) is 3.01. The van der Waals surface area contributed by atoms with Crippen molar-refractivity contribution in [2.24, 2.45) is 0 Å². The van der Waals surface area contributed by atoms with Gasteiger partial charge < -0.3 is 14.8 Å². The molecule has 7 nitrogen and oxygen atoms in total. The second-order valence-corrected chi connectivity index (χ2v) is 6.31. The van der Waals surface area contributed by atoms with Crippen molar-refractivity contribution in [3.8, 4) is 5.75 Å². The number of amides is 1. The molecule has 0 aliphatic rings. The van der Waals surface area contributed by atoms with Crippen LogP contribution in [0.4, 0.5) is 22.1 Å². The quantitative estimate of drug-likeness (QED) is 0.858. The number of ether oxygens (including phenoxy) is 2. The molecular formula is C16H19ClN4O3. The van der Waals surface area contributed by atoms with Gasteiger partial charge in [0.05, 0.1) is 12.1 Å². The average molecular weight is 351 g/mol. The standard InChI is InChI=1S/C16H19ClN4O3/c1-16(2,3)24-15(22)19-14-8-7-13(20-21-14)18-10-5-6-12(23-4)11(17)9-10/h5-9H,1-4H3,(H,18,20)(H,19,21,22). The summed E-state index contributed by atoms with van der Waals surface area (Å²) < 4.78 is 10.2. The second-order valence-electron chi connectivity index (χ2n) is 5.91. The van der Waals surface area contributed by atoms with Crippen LogP contribution in [0.25, 0.3) is 0 Å². The Kier molecular flexibility index (Phi) is 5.46. The molecule has 1 aromatic carbocycles. The van der Waals surface area contributed by atoms with E-state index < -0.39 is 11.7 Å². The van der Waals surface area contributed by atoms with Crippen LogP contribution in [0.2, 0.25) is 5.02 Å². The first kappa shape index (κ1) is 17.8. The fourth-order valence-electron chi connectivity index (χ4n) is 1.77. The van der Waals surface area contributed by atoms with Gasteiger partial charge in [0.15, 0.2) is 11.6 Å². The van der Waals surface area contributed by atoms with Gasteiger partial charge in [0.25, 0.3) is 0 Å².